The van der Waals surface area contributed by atoms with Crippen molar-refractivity contribution in [3.63, 3.8) is 0 Å². The van der Waals surface area contributed by atoms with Crippen LogP contribution >= 0.6 is 0 Å². The summed E-state index contributed by atoms with van der Waals surface area (Å²) >= 11 is 0. The van der Waals surface area contributed by atoms with E-state index in [-0.39, 0.29) is 11.5 Å². The van der Waals surface area contributed by atoms with Crippen LogP contribution in [-0.2, 0) is 5.41 Å². The monoisotopic (exact) mass is 598 g/mol. The minimum absolute atomic E-state index is 0.213. The van der Waals surface area contributed by atoms with E-state index in [0.717, 1.165) is 0 Å². The lowest BCUT2D eigenvalue weighted by Gasteiger charge is -2.33. The summed E-state index contributed by atoms with van der Waals surface area (Å²) in [6, 6.07) is 51.8. The second kappa shape index (κ2) is 8.90. The molecule has 2 aliphatic heterocycles. The predicted octanol–water partition coefficient (Wildman–Crippen LogP) is 11.5. The van der Waals surface area contributed by atoms with Gasteiger partial charge in [0.1, 0.15) is 0 Å². The van der Waals surface area contributed by atoms with Crippen LogP contribution in [0.4, 0.5) is 11.4 Å². The van der Waals surface area contributed by atoms with Crippen LogP contribution < -0.4 is 4.90 Å². The van der Waals surface area contributed by atoms with Gasteiger partial charge in [-0.15, -0.1) is 0 Å². The van der Waals surface area contributed by atoms with Gasteiger partial charge in [0.25, 0.3) is 0 Å². The number of benzene rings is 7. The summed E-state index contributed by atoms with van der Waals surface area (Å²) in [6.45, 7) is 2.46. The van der Waals surface area contributed by atoms with Crippen molar-refractivity contribution in [2.75, 3.05) is 4.90 Å². The zero-order valence-electron chi connectivity index (χ0n) is 26.0. The van der Waals surface area contributed by atoms with Crippen molar-refractivity contribution in [1.29, 1.82) is 0 Å². The fourth-order valence-corrected chi connectivity index (χ4v) is 9.24. The van der Waals surface area contributed by atoms with Crippen LogP contribution in [0, 0.1) is 0 Å². The maximum atomic E-state index is 2.66. The van der Waals surface area contributed by atoms with Gasteiger partial charge in [0.15, 0.2) is 0 Å². The summed E-state index contributed by atoms with van der Waals surface area (Å²) < 4.78 is 2.55. The van der Waals surface area contributed by atoms with E-state index in [1.807, 2.05) is 0 Å². The van der Waals surface area contributed by atoms with Gasteiger partial charge >= 0.3 is 0 Å². The second-order valence-electron chi connectivity index (χ2n) is 13.5. The summed E-state index contributed by atoms with van der Waals surface area (Å²) in [5.41, 5.74) is 12.9. The molecular formula is C45H30N2. The molecule has 3 aliphatic rings. The van der Waals surface area contributed by atoms with Crippen LogP contribution in [0.3, 0.4) is 0 Å². The van der Waals surface area contributed by atoms with E-state index >= 15 is 0 Å². The van der Waals surface area contributed by atoms with E-state index < -0.39 is 0 Å². The Morgan fingerprint density at radius 1 is 0.596 bits per heavy atom. The number of hydrogen-bond donors (Lipinski definition) is 0. The molecule has 0 saturated heterocycles. The molecule has 0 amide bonds. The number of allylic oxidation sites excluding steroid dienone is 2. The number of aromatic nitrogens is 1. The Morgan fingerprint density at radius 2 is 1.28 bits per heavy atom. The average molecular weight is 599 g/mol. The SMILES string of the molecule is CC12C=CC=C3c4ccccc4N(c4c1c1c(c5ccccc45)c4ccccc4n1-c1ccc(-c4cccc5ccccc45)cc1)C32. The zero-order valence-corrected chi connectivity index (χ0v) is 26.0. The van der Waals surface area contributed by atoms with Crippen LogP contribution in [0.1, 0.15) is 18.1 Å². The lowest BCUT2D eigenvalue weighted by atomic mass is 9.71. The molecule has 0 radical (unpaired) electrons. The molecule has 2 atom stereocenters. The molecule has 2 nitrogen and oxygen atoms in total. The highest BCUT2D eigenvalue weighted by atomic mass is 15.2. The van der Waals surface area contributed by atoms with Crippen molar-refractivity contribution in [1.82, 2.24) is 4.57 Å². The van der Waals surface area contributed by atoms with Gasteiger partial charge in [-0.25, -0.2) is 0 Å². The summed E-state index contributed by atoms with van der Waals surface area (Å²) in [6.07, 6.45) is 7.11. The Kier molecular flexibility index (Phi) is 4.80. The standard InChI is InChI=1S/C45H30N2/c1-45-27-11-20-36-33-15-6-8-21-38(33)47(44(36)45)42-35-17-5-4-16-34(35)40-37-18-7-9-22-39(37)46(43(40)41(42)45)30-25-23-29(24-26-30)32-19-10-13-28-12-2-3-14-31(28)32/h2-27,44H,1H3. The molecule has 2 unspecified atom stereocenters. The summed E-state index contributed by atoms with van der Waals surface area (Å²) in [4.78, 5) is 2.66. The minimum Gasteiger partial charge on any atom is -0.331 e. The Labute approximate surface area is 273 Å². The fourth-order valence-electron chi connectivity index (χ4n) is 9.24. The molecule has 0 spiro atoms. The van der Waals surface area contributed by atoms with Crippen LogP contribution in [0.2, 0.25) is 0 Å². The van der Waals surface area contributed by atoms with Crippen molar-refractivity contribution < 1.29 is 0 Å². The molecule has 3 heterocycles. The molecule has 1 aliphatic carbocycles. The summed E-state index contributed by atoms with van der Waals surface area (Å²) in [5, 5.41) is 7.82. The molecule has 2 heteroatoms. The second-order valence-corrected chi connectivity index (χ2v) is 13.5. The van der Waals surface area contributed by atoms with Gasteiger partial charge in [0, 0.05) is 44.1 Å². The highest BCUT2D eigenvalue weighted by molar-refractivity contribution is 6.27. The first-order valence-electron chi connectivity index (χ1n) is 16.6. The maximum absolute atomic E-state index is 2.66. The molecule has 0 saturated carbocycles. The van der Waals surface area contributed by atoms with Crippen molar-refractivity contribution in [2.24, 2.45) is 0 Å². The first-order valence-corrected chi connectivity index (χ1v) is 16.6. The first-order chi connectivity index (χ1) is 23.2. The maximum Gasteiger partial charge on any atom is 0.0729 e. The van der Waals surface area contributed by atoms with Crippen molar-refractivity contribution in [3.05, 3.63) is 169 Å². The topological polar surface area (TPSA) is 8.17 Å². The van der Waals surface area contributed by atoms with Gasteiger partial charge < -0.3 is 9.47 Å². The van der Waals surface area contributed by atoms with Crippen LogP contribution in [0.15, 0.2) is 158 Å². The minimum atomic E-state index is -0.213. The molecule has 11 rings (SSSR count). The molecule has 8 aromatic rings. The number of para-hydroxylation sites is 2. The molecular weight excluding hydrogens is 569 g/mol. The van der Waals surface area contributed by atoms with Gasteiger partial charge in [-0.05, 0) is 64.0 Å². The predicted molar refractivity (Wildman–Crippen MR) is 198 cm³/mol. The third kappa shape index (κ3) is 3.10. The molecule has 0 bridgehead atoms. The summed E-state index contributed by atoms with van der Waals surface area (Å²) in [7, 11) is 0. The van der Waals surface area contributed by atoms with E-state index in [4.69, 9.17) is 0 Å². The van der Waals surface area contributed by atoms with Crippen LogP contribution in [-0.4, -0.2) is 10.6 Å². The average Bonchev–Trinajstić information content (AvgIpc) is 3.75. The molecule has 1 aromatic heterocycles. The Bertz CT molecular complexity index is 2700. The zero-order chi connectivity index (χ0) is 30.9. The van der Waals surface area contributed by atoms with Crippen LogP contribution in [0.25, 0.3) is 65.7 Å². The molecule has 7 aromatic carbocycles. The van der Waals surface area contributed by atoms with E-state index in [9.17, 15) is 0 Å². The van der Waals surface area contributed by atoms with Crippen LogP contribution in [0.5, 0.6) is 0 Å². The van der Waals surface area contributed by atoms with Crippen molar-refractivity contribution in [3.8, 4) is 16.8 Å². The number of anilines is 2. The van der Waals surface area contributed by atoms with E-state index in [0.29, 0.717) is 0 Å². The van der Waals surface area contributed by atoms with Gasteiger partial charge in [0.05, 0.1) is 22.8 Å². The lowest BCUT2D eigenvalue weighted by Crippen LogP contribution is -2.38. The molecule has 220 valence electrons. The van der Waals surface area contributed by atoms with Gasteiger partial charge in [0.2, 0.25) is 0 Å². The first kappa shape index (κ1) is 25.3. The number of rotatable bonds is 2. The highest BCUT2D eigenvalue weighted by Crippen LogP contribution is 2.64. The van der Waals surface area contributed by atoms with Gasteiger partial charge in [-0.2, -0.15) is 0 Å². The Hall–Kier alpha value is -5.86. The number of nitrogens with zero attached hydrogens (tertiary/aromatic N) is 2. The Balaban J connectivity index is 1.26. The number of hydrogen-bond acceptors (Lipinski definition) is 1. The van der Waals surface area contributed by atoms with Gasteiger partial charge in [-0.1, -0.05) is 133 Å². The molecule has 47 heavy (non-hydrogen) atoms. The third-order valence-electron chi connectivity index (χ3n) is 11.1. The molecule has 0 N–H and O–H groups in total. The normalized spacial score (nSPS) is 19.0. The Morgan fingerprint density at radius 3 is 2.15 bits per heavy atom. The van der Waals surface area contributed by atoms with E-state index in [1.165, 1.54) is 88.2 Å². The largest absolute Gasteiger partial charge is 0.331 e. The highest BCUT2D eigenvalue weighted by Gasteiger charge is 2.55. The fraction of sp³-hybridized carbons (Fsp3) is 0.0667. The quantitative estimate of drug-likeness (QED) is 0.192. The third-order valence-corrected chi connectivity index (χ3v) is 11.1. The number of fused-ring (bicyclic) bond motifs is 14. The van der Waals surface area contributed by atoms with Gasteiger partial charge in [-0.3, -0.25) is 0 Å². The van der Waals surface area contributed by atoms with E-state index in [2.05, 4.69) is 174 Å². The smallest absolute Gasteiger partial charge is 0.0729 e. The van der Waals surface area contributed by atoms with Crippen molar-refractivity contribution >= 4 is 60.3 Å². The summed E-state index contributed by atoms with van der Waals surface area (Å²) in [5.74, 6) is 0. The van der Waals surface area contributed by atoms with Crippen molar-refractivity contribution in [2.45, 2.75) is 18.4 Å². The lowest BCUT2D eigenvalue weighted by molar-refractivity contribution is 0.573. The molecule has 0 fully saturated rings. The van der Waals surface area contributed by atoms with E-state index in [1.54, 1.807) is 0 Å².